The summed E-state index contributed by atoms with van der Waals surface area (Å²) in [5.41, 5.74) is 2.77. The molecule has 0 atom stereocenters. The van der Waals surface area contributed by atoms with Crippen molar-refractivity contribution >= 4 is 21.6 Å². The van der Waals surface area contributed by atoms with E-state index in [-0.39, 0.29) is 0 Å². The van der Waals surface area contributed by atoms with Crippen LogP contribution in [0.2, 0.25) is 0 Å². The predicted octanol–water partition coefficient (Wildman–Crippen LogP) is 4.96. The Hall–Kier alpha value is -0.540. The smallest absolute Gasteiger partial charge is 0.0412 e. The Morgan fingerprint density at radius 1 is 1.24 bits per heavy atom. The Labute approximate surface area is 138 Å². The molecule has 2 nitrogen and oxygen atoms in total. The quantitative estimate of drug-likeness (QED) is 0.805. The van der Waals surface area contributed by atoms with Gasteiger partial charge in [0.2, 0.25) is 0 Å². The van der Waals surface area contributed by atoms with Crippen LogP contribution in [0.3, 0.4) is 0 Å². The highest BCUT2D eigenvalue weighted by Gasteiger charge is 2.23. The van der Waals surface area contributed by atoms with Gasteiger partial charge in [-0.25, -0.2) is 0 Å². The average Bonchev–Trinajstić information content (AvgIpc) is 2.45. The summed E-state index contributed by atoms with van der Waals surface area (Å²) in [4.78, 5) is 2.51. The normalized spacial score (nSPS) is 22.6. The van der Waals surface area contributed by atoms with Crippen LogP contribution in [0.1, 0.15) is 52.0 Å². The average molecular weight is 353 g/mol. The number of nitrogens with zero attached hydrogens (tertiary/aromatic N) is 1. The van der Waals surface area contributed by atoms with Crippen LogP contribution in [0, 0.1) is 5.92 Å². The zero-order chi connectivity index (χ0) is 15.4. The van der Waals surface area contributed by atoms with Crippen LogP contribution in [-0.2, 0) is 6.54 Å². The van der Waals surface area contributed by atoms with Crippen molar-refractivity contribution < 1.29 is 0 Å². The van der Waals surface area contributed by atoms with Crippen LogP contribution in [0.15, 0.2) is 22.7 Å². The molecule has 1 aromatic rings. The highest BCUT2D eigenvalue weighted by Crippen LogP contribution is 2.32. The molecule has 0 aliphatic heterocycles. The third-order valence-corrected chi connectivity index (χ3v) is 5.15. The Balaban J connectivity index is 2.13. The molecule has 1 N–H and O–H groups in total. The lowest BCUT2D eigenvalue weighted by molar-refractivity contribution is 0.340. The van der Waals surface area contributed by atoms with E-state index in [0.29, 0.717) is 12.1 Å². The van der Waals surface area contributed by atoms with Gasteiger partial charge in [0.15, 0.2) is 0 Å². The Morgan fingerprint density at radius 2 is 1.90 bits per heavy atom. The fraction of sp³-hybridized carbons (Fsp3) is 0.667. The van der Waals surface area contributed by atoms with Crippen LogP contribution in [0.25, 0.3) is 0 Å². The molecule has 0 amide bonds. The van der Waals surface area contributed by atoms with Gasteiger partial charge in [-0.2, -0.15) is 0 Å². The summed E-state index contributed by atoms with van der Waals surface area (Å²) in [5, 5.41) is 3.55. The summed E-state index contributed by atoms with van der Waals surface area (Å²) in [6.07, 6.45) is 5.38. The number of hydrogen-bond acceptors (Lipinski definition) is 2. The zero-order valence-corrected chi connectivity index (χ0v) is 15.4. The van der Waals surface area contributed by atoms with E-state index in [1.54, 1.807) is 0 Å². The molecule has 1 saturated carbocycles. The molecule has 2 rings (SSSR count). The van der Waals surface area contributed by atoms with E-state index in [9.17, 15) is 0 Å². The second-order valence-electron chi connectivity index (χ2n) is 6.83. The van der Waals surface area contributed by atoms with E-state index in [1.807, 2.05) is 0 Å². The fourth-order valence-corrected chi connectivity index (χ4v) is 3.59. The highest BCUT2D eigenvalue weighted by molar-refractivity contribution is 9.10. The first kappa shape index (κ1) is 16.8. The van der Waals surface area contributed by atoms with Crippen molar-refractivity contribution in [3.05, 3.63) is 28.2 Å². The molecular weight excluding hydrogens is 324 g/mol. The summed E-state index contributed by atoms with van der Waals surface area (Å²) in [6, 6.07) is 7.89. The van der Waals surface area contributed by atoms with Gasteiger partial charge in [0.1, 0.15) is 0 Å². The third kappa shape index (κ3) is 4.72. The minimum Gasteiger partial charge on any atom is -0.371 e. The first-order valence-corrected chi connectivity index (χ1v) is 9.01. The summed E-state index contributed by atoms with van der Waals surface area (Å²) in [7, 11) is 2.27. The van der Waals surface area contributed by atoms with E-state index in [1.165, 1.54) is 36.9 Å². The van der Waals surface area contributed by atoms with Gasteiger partial charge >= 0.3 is 0 Å². The van der Waals surface area contributed by atoms with Crippen molar-refractivity contribution in [2.75, 3.05) is 11.9 Å². The second kappa shape index (κ2) is 7.64. The van der Waals surface area contributed by atoms with Gasteiger partial charge in [-0.15, -0.1) is 0 Å². The Bertz CT molecular complexity index is 451. The van der Waals surface area contributed by atoms with Crippen LogP contribution in [-0.4, -0.2) is 19.1 Å². The van der Waals surface area contributed by atoms with Crippen LogP contribution in [0.5, 0.6) is 0 Å². The van der Waals surface area contributed by atoms with Gasteiger partial charge in [0, 0.05) is 35.8 Å². The molecular formula is C18H29BrN2. The van der Waals surface area contributed by atoms with Gasteiger partial charge in [0.05, 0.1) is 0 Å². The number of rotatable bonds is 5. The molecule has 1 aliphatic carbocycles. The third-order valence-electron chi connectivity index (χ3n) is 4.66. The largest absolute Gasteiger partial charge is 0.371 e. The van der Waals surface area contributed by atoms with Crippen molar-refractivity contribution in [1.29, 1.82) is 0 Å². The van der Waals surface area contributed by atoms with Crippen molar-refractivity contribution in [3.63, 3.8) is 0 Å². The van der Waals surface area contributed by atoms with Crippen LogP contribution >= 0.6 is 15.9 Å². The molecule has 0 heterocycles. The maximum absolute atomic E-state index is 3.61. The molecule has 1 aliphatic rings. The van der Waals surface area contributed by atoms with E-state index < -0.39 is 0 Å². The summed E-state index contributed by atoms with van der Waals surface area (Å²) < 4.78 is 1.16. The summed E-state index contributed by atoms with van der Waals surface area (Å²) in [5.74, 6) is 0.904. The van der Waals surface area contributed by atoms with E-state index in [0.717, 1.165) is 16.9 Å². The monoisotopic (exact) mass is 352 g/mol. The number of nitrogens with one attached hydrogen (secondary N) is 1. The Kier molecular flexibility index (Phi) is 6.12. The van der Waals surface area contributed by atoms with Crippen molar-refractivity contribution in [2.24, 2.45) is 5.92 Å². The van der Waals surface area contributed by atoms with E-state index >= 15 is 0 Å². The minimum absolute atomic E-state index is 0.512. The standard InChI is InChI=1S/C18H29BrN2/c1-13(2)20-12-15-11-16(19)7-10-18(15)21(4)17-8-5-14(3)6-9-17/h7,10-11,13-14,17,20H,5-6,8-9,12H2,1-4H3. The highest BCUT2D eigenvalue weighted by atomic mass is 79.9. The number of anilines is 1. The van der Waals surface area contributed by atoms with Gasteiger partial charge in [-0.3, -0.25) is 0 Å². The molecule has 0 bridgehead atoms. The summed E-state index contributed by atoms with van der Waals surface area (Å²) in [6.45, 7) is 7.71. The predicted molar refractivity (Wildman–Crippen MR) is 95.9 cm³/mol. The lowest BCUT2D eigenvalue weighted by atomic mass is 9.86. The van der Waals surface area contributed by atoms with E-state index in [2.05, 4.69) is 72.2 Å². The molecule has 0 spiro atoms. The van der Waals surface area contributed by atoms with Crippen molar-refractivity contribution in [3.8, 4) is 0 Å². The van der Waals surface area contributed by atoms with Crippen LogP contribution < -0.4 is 10.2 Å². The Morgan fingerprint density at radius 3 is 2.52 bits per heavy atom. The van der Waals surface area contributed by atoms with Gasteiger partial charge < -0.3 is 10.2 Å². The molecule has 0 aromatic heterocycles. The van der Waals surface area contributed by atoms with Gasteiger partial charge in [0.25, 0.3) is 0 Å². The van der Waals surface area contributed by atoms with Gasteiger partial charge in [-0.1, -0.05) is 36.7 Å². The van der Waals surface area contributed by atoms with Crippen molar-refractivity contribution in [1.82, 2.24) is 5.32 Å². The first-order valence-electron chi connectivity index (χ1n) is 8.22. The zero-order valence-electron chi connectivity index (χ0n) is 13.8. The fourth-order valence-electron chi connectivity index (χ4n) is 3.18. The molecule has 0 saturated heterocycles. The summed E-state index contributed by atoms with van der Waals surface area (Å²) >= 11 is 3.61. The van der Waals surface area contributed by atoms with Gasteiger partial charge in [-0.05, 0) is 55.4 Å². The SMILES string of the molecule is CC1CCC(N(C)c2ccc(Br)cc2CNC(C)C)CC1. The topological polar surface area (TPSA) is 15.3 Å². The lowest BCUT2D eigenvalue weighted by Gasteiger charge is -2.36. The first-order chi connectivity index (χ1) is 9.97. The maximum atomic E-state index is 3.61. The van der Waals surface area contributed by atoms with Crippen molar-refractivity contribution in [2.45, 2.75) is 65.1 Å². The van der Waals surface area contributed by atoms with Crippen LogP contribution in [0.4, 0.5) is 5.69 Å². The molecule has 3 heteroatoms. The molecule has 0 radical (unpaired) electrons. The molecule has 1 fully saturated rings. The maximum Gasteiger partial charge on any atom is 0.0412 e. The number of benzene rings is 1. The number of halogens is 1. The molecule has 0 unspecified atom stereocenters. The molecule has 118 valence electrons. The lowest BCUT2D eigenvalue weighted by Crippen LogP contribution is -2.36. The molecule has 1 aromatic carbocycles. The van der Waals surface area contributed by atoms with E-state index in [4.69, 9.17) is 0 Å². The molecule has 21 heavy (non-hydrogen) atoms. The minimum atomic E-state index is 0.512. The second-order valence-corrected chi connectivity index (χ2v) is 7.75. The number of hydrogen-bond donors (Lipinski definition) is 1.